The van der Waals surface area contributed by atoms with Crippen LogP contribution in [-0.2, 0) is 19.6 Å². The van der Waals surface area contributed by atoms with Crippen molar-refractivity contribution < 1.29 is 18.0 Å². The SMILES string of the molecule is Cc1ccc(S(=O)(=O)N[C@@H](CCCCN)C(=O)C(=O)CCl)cc1. The number of ketones is 2. The highest BCUT2D eigenvalue weighted by Crippen LogP contribution is 2.13. The summed E-state index contributed by atoms with van der Waals surface area (Å²) in [6.07, 6.45) is 1.35. The molecule has 6 nitrogen and oxygen atoms in total. The smallest absolute Gasteiger partial charge is 0.241 e. The van der Waals surface area contributed by atoms with Crippen LogP contribution in [0, 0.1) is 6.92 Å². The molecular formula is C15H21ClN2O4S. The number of hydrogen-bond acceptors (Lipinski definition) is 5. The number of carbonyl (C=O) groups is 2. The number of benzene rings is 1. The monoisotopic (exact) mass is 360 g/mol. The molecule has 0 aliphatic carbocycles. The van der Waals surface area contributed by atoms with Crippen molar-refractivity contribution in [3.63, 3.8) is 0 Å². The van der Waals surface area contributed by atoms with Gasteiger partial charge in [0, 0.05) is 0 Å². The Morgan fingerprint density at radius 1 is 1.22 bits per heavy atom. The first kappa shape index (κ1) is 19.8. The number of Topliss-reactive ketones (excluding diaryl/α,β-unsaturated/α-hetero) is 2. The number of rotatable bonds is 10. The summed E-state index contributed by atoms with van der Waals surface area (Å²) in [6, 6.07) is 5.08. The van der Waals surface area contributed by atoms with Gasteiger partial charge in [-0.1, -0.05) is 24.1 Å². The van der Waals surface area contributed by atoms with Crippen molar-refractivity contribution in [3.8, 4) is 0 Å². The maximum Gasteiger partial charge on any atom is 0.241 e. The van der Waals surface area contributed by atoms with Crippen LogP contribution in [0.1, 0.15) is 24.8 Å². The minimum absolute atomic E-state index is 0.0399. The first-order valence-electron chi connectivity index (χ1n) is 7.24. The molecule has 1 aromatic rings. The third-order valence-electron chi connectivity index (χ3n) is 3.29. The average Bonchev–Trinajstić information content (AvgIpc) is 2.53. The van der Waals surface area contributed by atoms with Crippen molar-refractivity contribution >= 4 is 33.2 Å². The van der Waals surface area contributed by atoms with Gasteiger partial charge in [-0.25, -0.2) is 13.1 Å². The molecule has 0 saturated carbocycles. The largest absolute Gasteiger partial charge is 0.330 e. The Hall–Kier alpha value is -1.28. The molecule has 8 heteroatoms. The van der Waals surface area contributed by atoms with Gasteiger partial charge in [-0.05, 0) is 38.4 Å². The van der Waals surface area contributed by atoms with Crippen molar-refractivity contribution in [1.82, 2.24) is 4.72 Å². The lowest BCUT2D eigenvalue weighted by Crippen LogP contribution is -2.44. The number of alkyl halides is 1. The van der Waals surface area contributed by atoms with Crippen molar-refractivity contribution in [2.75, 3.05) is 12.4 Å². The summed E-state index contributed by atoms with van der Waals surface area (Å²) in [5, 5.41) is 0. The molecule has 1 atom stereocenters. The van der Waals surface area contributed by atoms with E-state index in [1.807, 2.05) is 6.92 Å². The minimum Gasteiger partial charge on any atom is -0.330 e. The summed E-state index contributed by atoms with van der Waals surface area (Å²) < 4.78 is 27.0. The number of carbonyl (C=O) groups excluding carboxylic acids is 2. The second kappa shape index (κ2) is 9.12. The molecule has 3 N–H and O–H groups in total. The van der Waals surface area contributed by atoms with E-state index >= 15 is 0 Å². The van der Waals surface area contributed by atoms with E-state index in [1.54, 1.807) is 12.1 Å². The van der Waals surface area contributed by atoms with Gasteiger partial charge in [-0.3, -0.25) is 9.59 Å². The predicted molar refractivity (Wildman–Crippen MR) is 88.9 cm³/mol. The number of halogens is 1. The van der Waals surface area contributed by atoms with Gasteiger partial charge in [0.1, 0.15) is 0 Å². The zero-order chi connectivity index (χ0) is 17.5. The number of hydrogen-bond donors (Lipinski definition) is 2. The number of sulfonamides is 1. The van der Waals surface area contributed by atoms with E-state index in [1.165, 1.54) is 12.1 Å². The fourth-order valence-electron chi connectivity index (χ4n) is 1.97. The van der Waals surface area contributed by atoms with E-state index in [0.717, 1.165) is 5.56 Å². The fraction of sp³-hybridized carbons (Fsp3) is 0.467. The number of unbranched alkanes of at least 4 members (excludes halogenated alkanes) is 1. The summed E-state index contributed by atoms with van der Waals surface area (Å²) in [4.78, 5) is 23.6. The van der Waals surface area contributed by atoms with Crippen LogP contribution in [0.25, 0.3) is 0 Å². The molecule has 0 saturated heterocycles. The van der Waals surface area contributed by atoms with Gasteiger partial charge in [0.05, 0.1) is 16.8 Å². The van der Waals surface area contributed by atoms with Gasteiger partial charge in [0.15, 0.2) is 0 Å². The van der Waals surface area contributed by atoms with Gasteiger partial charge in [0.25, 0.3) is 0 Å². The Bertz CT molecular complexity index is 644. The van der Waals surface area contributed by atoms with Gasteiger partial charge < -0.3 is 5.73 Å². The zero-order valence-electron chi connectivity index (χ0n) is 12.9. The lowest BCUT2D eigenvalue weighted by atomic mass is 10.0. The Balaban J connectivity index is 2.95. The quantitative estimate of drug-likeness (QED) is 0.370. The standard InChI is InChI=1S/C15H21ClN2O4S/c1-11-5-7-12(8-6-11)23(21,22)18-13(4-2-3-9-17)15(20)14(19)10-16/h5-8,13,18H,2-4,9-10,17H2,1H3/t13-/m0/s1. The van der Waals surface area contributed by atoms with Crippen LogP contribution in [0.5, 0.6) is 0 Å². The average molecular weight is 361 g/mol. The third kappa shape index (κ3) is 6.02. The van der Waals surface area contributed by atoms with Gasteiger partial charge >= 0.3 is 0 Å². The van der Waals surface area contributed by atoms with Crippen LogP contribution in [0.2, 0.25) is 0 Å². The molecule has 0 heterocycles. The molecule has 0 amide bonds. The second-order valence-corrected chi connectivity index (χ2v) is 7.17. The molecule has 0 unspecified atom stereocenters. The normalized spacial score (nSPS) is 12.8. The summed E-state index contributed by atoms with van der Waals surface area (Å²) in [5.74, 6) is -2.11. The summed E-state index contributed by atoms with van der Waals surface area (Å²) in [6.45, 7) is 2.26. The Morgan fingerprint density at radius 3 is 2.35 bits per heavy atom. The van der Waals surface area contributed by atoms with Gasteiger partial charge in [-0.2, -0.15) is 0 Å². The maximum atomic E-state index is 12.4. The van der Waals surface area contributed by atoms with E-state index in [4.69, 9.17) is 17.3 Å². The summed E-state index contributed by atoms with van der Waals surface area (Å²) in [7, 11) is -3.90. The molecule has 0 aliphatic rings. The van der Waals surface area contributed by atoms with Crippen molar-refractivity contribution in [2.45, 2.75) is 37.1 Å². The molecule has 1 aromatic carbocycles. The van der Waals surface area contributed by atoms with Crippen LogP contribution >= 0.6 is 11.6 Å². The van der Waals surface area contributed by atoms with Crippen LogP contribution in [0.3, 0.4) is 0 Å². The van der Waals surface area contributed by atoms with E-state index in [2.05, 4.69) is 4.72 Å². The molecule has 128 valence electrons. The molecule has 23 heavy (non-hydrogen) atoms. The molecule has 0 fully saturated rings. The Morgan fingerprint density at radius 2 is 1.83 bits per heavy atom. The molecule has 1 rings (SSSR count). The Labute approximate surface area is 141 Å². The topological polar surface area (TPSA) is 106 Å². The van der Waals surface area contributed by atoms with Crippen molar-refractivity contribution in [1.29, 1.82) is 0 Å². The summed E-state index contributed by atoms with van der Waals surface area (Å²) >= 11 is 5.39. The fourth-order valence-corrected chi connectivity index (χ4v) is 3.33. The van der Waals surface area contributed by atoms with Gasteiger partial charge in [0.2, 0.25) is 21.6 Å². The molecule has 0 radical (unpaired) electrons. The van der Waals surface area contributed by atoms with Crippen LogP contribution in [0.4, 0.5) is 0 Å². The molecule has 0 aromatic heterocycles. The molecule has 0 aliphatic heterocycles. The maximum absolute atomic E-state index is 12.4. The highest BCUT2D eigenvalue weighted by Gasteiger charge is 2.29. The van der Waals surface area contributed by atoms with Crippen LogP contribution in [0.15, 0.2) is 29.2 Å². The van der Waals surface area contributed by atoms with Crippen molar-refractivity contribution in [2.24, 2.45) is 5.73 Å². The highest BCUT2D eigenvalue weighted by molar-refractivity contribution is 7.89. The Kier molecular flexibility index (Phi) is 7.84. The molecular weight excluding hydrogens is 340 g/mol. The van der Waals surface area contributed by atoms with E-state index in [-0.39, 0.29) is 11.3 Å². The predicted octanol–water partition coefficient (Wildman–Crippen LogP) is 1.15. The zero-order valence-corrected chi connectivity index (χ0v) is 14.5. The van der Waals surface area contributed by atoms with E-state index in [9.17, 15) is 18.0 Å². The first-order valence-corrected chi connectivity index (χ1v) is 9.25. The van der Waals surface area contributed by atoms with Crippen molar-refractivity contribution in [3.05, 3.63) is 29.8 Å². The summed E-state index contributed by atoms with van der Waals surface area (Å²) in [5.41, 5.74) is 6.31. The molecule has 0 spiro atoms. The third-order valence-corrected chi connectivity index (χ3v) is 5.02. The minimum atomic E-state index is -3.90. The first-order chi connectivity index (χ1) is 10.8. The van der Waals surface area contributed by atoms with Crippen LogP contribution < -0.4 is 10.5 Å². The highest BCUT2D eigenvalue weighted by atomic mass is 35.5. The van der Waals surface area contributed by atoms with Gasteiger partial charge in [-0.15, -0.1) is 11.6 Å². The van der Waals surface area contributed by atoms with E-state index in [0.29, 0.717) is 19.4 Å². The number of nitrogens with one attached hydrogen (secondary N) is 1. The second-order valence-electron chi connectivity index (χ2n) is 5.19. The lowest BCUT2D eigenvalue weighted by Gasteiger charge is -2.17. The molecule has 0 bridgehead atoms. The van der Waals surface area contributed by atoms with Crippen LogP contribution in [-0.4, -0.2) is 38.5 Å². The number of aryl methyl sites for hydroxylation is 1. The number of nitrogens with two attached hydrogens (primary N) is 1. The van der Waals surface area contributed by atoms with E-state index < -0.39 is 33.5 Å². The lowest BCUT2D eigenvalue weighted by molar-refractivity contribution is -0.136.